The monoisotopic (exact) mass is 445 g/mol. The molecule has 2 atom stereocenters. The van der Waals surface area contributed by atoms with Crippen molar-refractivity contribution in [1.82, 2.24) is 15.2 Å². The number of hydrogen-bond acceptors (Lipinski definition) is 11. The normalized spacial score (nSPS) is 22.0. The number of carboxylic acid groups (broad SMARTS) is 1. The van der Waals surface area contributed by atoms with Gasteiger partial charge in [-0.2, -0.15) is 0 Å². The number of hydrogen-bond donors (Lipinski definition) is 4. The average Bonchev–Trinajstić information content (AvgIpc) is 3.09. The lowest BCUT2D eigenvalue weighted by Gasteiger charge is -2.49. The number of methoxy groups -OCH3 is 1. The molecule has 5 N–H and O–H groups in total. The molecule has 2 amide bonds. The molecule has 0 aromatic carbocycles. The zero-order valence-electron chi connectivity index (χ0n) is 14.3. The van der Waals surface area contributed by atoms with Crippen molar-refractivity contribution in [2.45, 2.75) is 11.4 Å². The molecular weight excluding hydrogens is 430 g/mol. The average molecular weight is 446 g/mol. The number of nitrogens with one attached hydrogen (secondary N) is 1. The standard InChI is InChI=1S/C14H15N5O6S3/c1-25-4-28-6-3-26-12-8(11(21)19(12)9(6)13(22)23)17-10(20)7(18-24)5-2-27-14(15)16-5/h2,8,12,24H,3-4H2,1H3,(H2,15,16)(H,17,20)(H,22,23)/b18-7-. The topological polar surface area (TPSA) is 167 Å². The fourth-order valence-corrected chi connectivity index (χ4v) is 5.51. The fraction of sp³-hybridized carbons (Fsp3) is 0.357. The fourth-order valence-electron chi connectivity index (χ4n) is 2.65. The van der Waals surface area contributed by atoms with Crippen LogP contribution in [0.3, 0.4) is 0 Å². The molecule has 3 rings (SSSR count). The van der Waals surface area contributed by atoms with E-state index in [4.69, 9.17) is 15.7 Å². The number of anilines is 1. The number of carbonyl (C=O) groups excluding carboxylic acids is 2. The van der Waals surface area contributed by atoms with Crippen molar-refractivity contribution in [2.75, 3.05) is 24.5 Å². The third-order valence-corrected chi connectivity index (χ3v) is 7.03. The Morgan fingerprint density at radius 2 is 2.32 bits per heavy atom. The molecule has 150 valence electrons. The van der Waals surface area contributed by atoms with Gasteiger partial charge in [-0.15, -0.1) is 23.1 Å². The largest absolute Gasteiger partial charge is 0.477 e. The summed E-state index contributed by atoms with van der Waals surface area (Å²) in [5.41, 5.74) is 5.10. The minimum absolute atomic E-state index is 0.0757. The predicted molar refractivity (Wildman–Crippen MR) is 104 cm³/mol. The molecule has 0 radical (unpaired) electrons. The van der Waals surface area contributed by atoms with Crippen molar-refractivity contribution in [3.63, 3.8) is 0 Å². The van der Waals surface area contributed by atoms with Gasteiger partial charge in [-0.1, -0.05) is 16.9 Å². The highest BCUT2D eigenvalue weighted by molar-refractivity contribution is 8.06. The summed E-state index contributed by atoms with van der Waals surface area (Å²) in [5.74, 6) is -1.98. The highest BCUT2D eigenvalue weighted by Gasteiger charge is 2.54. The van der Waals surface area contributed by atoms with Crippen molar-refractivity contribution >= 4 is 63.5 Å². The Balaban J connectivity index is 1.75. The third kappa shape index (κ3) is 3.67. The molecule has 2 aliphatic rings. The number of carbonyl (C=O) groups is 3. The Morgan fingerprint density at radius 3 is 2.89 bits per heavy atom. The summed E-state index contributed by atoms with van der Waals surface area (Å²) in [6, 6.07) is -0.950. The maximum absolute atomic E-state index is 12.5. The van der Waals surface area contributed by atoms with Gasteiger partial charge in [0, 0.05) is 23.1 Å². The van der Waals surface area contributed by atoms with Crippen LogP contribution in [0.4, 0.5) is 5.13 Å². The first-order valence-electron chi connectivity index (χ1n) is 7.66. The Labute approximate surface area is 171 Å². The summed E-state index contributed by atoms with van der Waals surface area (Å²) < 4.78 is 4.95. The first-order chi connectivity index (χ1) is 13.4. The van der Waals surface area contributed by atoms with Gasteiger partial charge in [-0.3, -0.25) is 14.5 Å². The van der Waals surface area contributed by atoms with E-state index in [1.54, 1.807) is 0 Å². The highest BCUT2D eigenvalue weighted by Crippen LogP contribution is 2.43. The van der Waals surface area contributed by atoms with Gasteiger partial charge in [0.15, 0.2) is 10.8 Å². The summed E-state index contributed by atoms with van der Waals surface area (Å²) in [7, 11) is 1.49. The summed E-state index contributed by atoms with van der Waals surface area (Å²) >= 11 is 3.59. The van der Waals surface area contributed by atoms with Crippen molar-refractivity contribution in [1.29, 1.82) is 0 Å². The van der Waals surface area contributed by atoms with Gasteiger partial charge in [0.2, 0.25) is 0 Å². The van der Waals surface area contributed by atoms with Crippen molar-refractivity contribution in [3.8, 4) is 0 Å². The molecule has 1 aromatic heterocycles. The van der Waals surface area contributed by atoms with Crippen LogP contribution in [0.25, 0.3) is 0 Å². The molecule has 1 fully saturated rings. The van der Waals surface area contributed by atoms with Crippen LogP contribution in [0.5, 0.6) is 0 Å². The maximum atomic E-state index is 12.5. The molecule has 3 heterocycles. The Hall–Kier alpha value is -2.29. The quantitative estimate of drug-likeness (QED) is 0.147. The molecule has 1 aromatic rings. The van der Waals surface area contributed by atoms with Gasteiger partial charge in [0.25, 0.3) is 11.8 Å². The second kappa shape index (κ2) is 8.38. The molecule has 0 saturated carbocycles. The third-order valence-electron chi connectivity index (χ3n) is 3.85. The van der Waals surface area contributed by atoms with Gasteiger partial charge in [-0.05, 0) is 0 Å². The minimum Gasteiger partial charge on any atom is -0.477 e. The first-order valence-corrected chi connectivity index (χ1v) is 10.6. The number of aliphatic carboxylic acids is 1. The number of nitrogens with two attached hydrogens (primary N) is 1. The number of rotatable bonds is 7. The van der Waals surface area contributed by atoms with Gasteiger partial charge < -0.3 is 26.1 Å². The van der Waals surface area contributed by atoms with E-state index < -0.39 is 29.2 Å². The number of β-lactam (4-membered cyclic amide) rings is 1. The lowest BCUT2D eigenvalue weighted by atomic mass is 10.0. The van der Waals surface area contributed by atoms with Gasteiger partial charge in [0.05, 0.1) is 5.94 Å². The zero-order chi connectivity index (χ0) is 20.4. The molecule has 11 nitrogen and oxygen atoms in total. The van der Waals surface area contributed by atoms with Crippen molar-refractivity contribution in [3.05, 3.63) is 21.7 Å². The zero-order valence-corrected chi connectivity index (χ0v) is 16.8. The second-order valence-electron chi connectivity index (χ2n) is 5.51. The van der Waals surface area contributed by atoms with Crippen LogP contribution in [0.15, 0.2) is 21.1 Å². The summed E-state index contributed by atoms with van der Waals surface area (Å²) in [6.45, 7) is 0. The van der Waals surface area contributed by atoms with E-state index in [1.165, 1.54) is 36.0 Å². The van der Waals surface area contributed by atoms with Crippen molar-refractivity contribution in [2.24, 2.45) is 5.16 Å². The van der Waals surface area contributed by atoms with E-state index in [2.05, 4.69) is 15.5 Å². The van der Waals surface area contributed by atoms with Crippen LogP contribution in [-0.2, 0) is 19.1 Å². The Kier molecular flexibility index (Phi) is 6.12. The number of nitrogens with zero attached hydrogens (tertiary/aromatic N) is 3. The number of fused-ring (bicyclic) bond motifs is 1. The van der Waals surface area contributed by atoms with Crippen LogP contribution in [0.2, 0.25) is 0 Å². The number of amides is 2. The lowest BCUT2D eigenvalue weighted by Crippen LogP contribution is -2.71. The summed E-state index contributed by atoms with van der Waals surface area (Å²) in [5, 5.41) is 25.1. The molecule has 14 heteroatoms. The van der Waals surface area contributed by atoms with E-state index in [0.717, 1.165) is 16.2 Å². The Morgan fingerprint density at radius 1 is 1.57 bits per heavy atom. The van der Waals surface area contributed by atoms with E-state index >= 15 is 0 Å². The maximum Gasteiger partial charge on any atom is 0.353 e. The number of aromatic nitrogens is 1. The molecular formula is C14H15N5O6S3. The van der Waals surface area contributed by atoms with Gasteiger partial charge in [-0.25, -0.2) is 9.78 Å². The highest BCUT2D eigenvalue weighted by atomic mass is 32.2. The SMILES string of the molecule is COCSC1=C(C(=O)O)N2C(=O)C(NC(=O)/C(=N\O)c3csc(N)n3)C2SC1. The van der Waals surface area contributed by atoms with E-state index in [1.807, 2.05) is 0 Å². The first kappa shape index (κ1) is 20.4. The lowest BCUT2D eigenvalue weighted by molar-refractivity contribution is -0.150. The molecule has 2 aliphatic heterocycles. The van der Waals surface area contributed by atoms with Crippen LogP contribution in [-0.4, -0.2) is 73.9 Å². The number of ether oxygens (including phenoxy) is 1. The predicted octanol–water partition coefficient (Wildman–Crippen LogP) is -0.0632. The second-order valence-corrected chi connectivity index (χ2v) is 8.52. The number of thioether (sulfide) groups is 2. The van der Waals surface area contributed by atoms with Crippen molar-refractivity contribution < 1.29 is 29.4 Å². The smallest absolute Gasteiger partial charge is 0.353 e. The van der Waals surface area contributed by atoms with E-state index in [9.17, 15) is 19.5 Å². The minimum atomic E-state index is -1.22. The Bertz CT molecular complexity index is 885. The summed E-state index contributed by atoms with van der Waals surface area (Å²) in [6.07, 6.45) is 0. The number of nitrogen functional groups attached to an aromatic ring is 1. The molecule has 28 heavy (non-hydrogen) atoms. The van der Waals surface area contributed by atoms with Crippen LogP contribution in [0.1, 0.15) is 5.69 Å². The van der Waals surface area contributed by atoms with Crippen LogP contribution < -0.4 is 11.1 Å². The number of carboxylic acids is 1. The van der Waals surface area contributed by atoms with Gasteiger partial charge in [0.1, 0.15) is 22.8 Å². The van der Waals surface area contributed by atoms with Gasteiger partial charge >= 0.3 is 5.97 Å². The molecule has 1 saturated heterocycles. The molecule has 2 unspecified atom stereocenters. The molecule has 0 spiro atoms. The number of oxime groups is 1. The van der Waals surface area contributed by atoms with E-state index in [0.29, 0.717) is 10.7 Å². The van der Waals surface area contributed by atoms with E-state index in [-0.39, 0.29) is 28.2 Å². The molecule has 0 bridgehead atoms. The van der Waals surface area contributed by atoms with Crippen LogP contribution in [0, 0.1) is 0 Å². The van der Waals surface area contributed by atoms with Crippen LogP contribution >= 0.6 is 34.9 Å². The molecule has 0 aliphatic carbocycles. The number of thiazole rings is 1. The summed E-state index contributed by atoms with van der Waals surface area (Å²) in [4.78, 5) is 42.2.